The van der Waals surface area contributed by atoms with Gasteiger partial charge in [0.1, 0.15) is 0 Å². The molecule has 0 saturated carbocycles. The Balaban J connectivity index is 2.00. The van der Waals surface area contributed by atoms with E-state index in [1.165, 1.54) is 0 Å². The second kappa shape index (κ2) is 5.09. The second-order valence-electron chi connectivity index (χ2n) is 4.53. The lowest BCUT2D eigenvalue weighted by Crippen LogP contribution is -2.12. The summed E-state index contributed by atoms with van der Waals surface area (Å²) in [5.41, 5.74) is 3.27. The predicted octanol–water partition coefficient (Wildman–Crippen LogP) is 3.19. The molecule has 0 aliphatic carbocycles. The number of aromatic nitrogens is 2. The van der Waals surface area contributed by atoms with Crippen LogP contribution in [0.2, 0.25) is 0 Å². The SMILES string of the molecule is Cc1ccc(NC(=O)c2cccnc2)c2cccnc12. The molecule has 1 N–H and O–H groups in total. The maximum Gasteiger partial charge on any atom is 0.257 e. The molecule has 0 aliphatic rings. The lowest BCUT2D eigenvalue weighted by molar-refractivity contribution is 0.102. The fourth-order valence-electron chi connectivity index (χ4n) is 2.11. The largest absolute Gasteiger partial charge is 0.321 e. The highest BCUT2D eigenvalue weighted by Crippen LogP contribution is 2.24. The van der Waals surface area contributed by atoms with Gasteiger partial charge in [0.15, 0.2) is 0 Å². The Morgan fingerprint density at radius 2 is 1.95 bits per heavy atom. The lowest BCUT2D eigenvalue weighted by atomic mass is 10.1. The minimum absolute atomic E-state index is 0.174. The number of fused-ring (bicyclic) bond motifs is 1. The van der Waals surface area contributed by atoms with E-state index in [-0.39, 0.29) is 5.91 Å². The third kappa shape index (κ3) is 2.23. The van der Waals surface area contributed by atoms with Gasteiger partial charge >= 0.3 is 0 Å². The van der Waals surface area contributed by atoms with Gasteiger partial charge < -0.3 is 5.32 Å². The molecule has 0 saturated heterocycles. The van der Waals surface area contributed by atoms with Crippen molar-refractivity contribution in [1.82, 2.24) is 9.97 Å². The zero-order chi connectivity index (χ0) is 13.9. The Morgan fingerprint density at radius 3 is 2.75 bits per heavy atom. The molecular weight excluding hydrogens is 250 g/mol. The highest BCUT2D eigenvalue weighted by molar-refractivity contribution is 6.08. The van der Waals surface area contributed by atoms with Crippen molar-refractivity contribution in [3.05, 3.63) is 66.1 Å². The first kappa shape index (κ1) is 12.3. The van der Waals surface area contributed by atoms with Crippen LogP contribution in [0.1, 0.15) is 15.9 Å². The number of hydrogen-bond donors (Lipinski definition) is 1. The van der Waals surface area contributed by atoms with Crippen LogP contribution in [0.5, 0.6) is 0 Å². The molecule has 1 amide bonds. The van der Waals surface area contributed by atoms with Crippen LogP contribution < -0.4 is 5.32 Å². The zero-order valence-corrected chi connectivity index (χ0v) is 11.0. The van der Waals surface area contributed by atoms with Gasteiger partial charge in [-0.05, 0) is 42.8 Å². The smallest absolute Gasteiger partial charge is 0.257 e. The summed E-state index contributed by atoms with van der Waals surface area (Å²) in [7, 11) is 0. The monoisotopic (exact) mass is 263 g/mol. The summed E-state index contributed by atoms with van der Waals surface area (Å²) in [4.78, 5) is 20.5. The number of nitrogens with zero attached hydrogens (tertiary/aromatic N) is 2. The molecule has 3 aromatic rings. The number of carbonyl (C=O) groups is 1. The fraction of sp³-hybridized carbons (Fsp3) is 0.0625. The van der Waals surface area contributed by atoms with E-state index in [9.17, 15) is 4.79 Å². The van der Waals surface area contributed by atoms with Crippen LogP contribution in [-0.2, 0) is 0 Å². The van der Waals surface area contributed by atoms with Crippen molar-refractivity contribution in [1.29, 1.82) is 0 Å². The van der Waals surface area contributed by atoms with E-state index >= 15 is 0 Å². The van der Waals surface area contributed by atoms with Crippen LogP contribution in [0, 0.1) is 6.92 Å². The molecule has 0 radical (unpaired) electrons. The average Bonchev–Trinajstić information content (AvgIpc) is 2.51. The molecule has 1 aromatic carbocycles. The zero-order valence-electron chi connectivity index (χ0n) is 11.0. The van der Waals surface area contributed by atoms with E-state index < -0.39 is 0 Å². The normalized spacial score (nSPS) is 10.4. The molecule has 2 aromatic heterocycles. The van der Waals surface area contributed by atoms with Crippen molar-refractivity contribution in [2.45, 2.75) is 6.92 Å². The van der Waals surface area contributed by atoms with Crippen LogP contribution in [0.4, 0.5) is 5.69 Å². The summed E-state index contributed by atoms with van der Waals surface area (Å²) < 4.78 is 0. The van der Waals surface area contributed by atoms with Crippen molar-refractivity contribution in [3.8, 4) is 0 Å². The van der Waals surface area contributed by atoms with Gasteiger partial charge in [0, 0.05) is 24.0 Å². The number of anilines is 1. The lowest BCUT2D eigenvalue weighted by Gasteiger charge is -2.09. The summed E-state index contributed by atoms with van der Waals surface area (Å²) in [6.45, 7) is 2.00. The Labute approximate surface area is 116 Å². The fourth-order valence-corrected chi connectivity index (χ4v) is 2.11. The first-order chi connectivity index (χ1) is 9.75. The van der Waals surface area contributed by atoms with Gasteiger partial charge in [-0.15, -0.1) is 0 Å². The number of amides is 1. The van der Waals surface area contributed by atoms with E-state index in [2.05, 4.69) is 15.3 Å². The molecule has 98 valence electrons. The summed E-state index contributed by atoms with van der Waals surface area (Å²) in [5.74, 6) is -0.174. The molecule has 0 fully saturated rings. The third-order valence-corrected chi connectivity index (χ3v) is 3.14. The minimum atomic E-state index is -0.174. The van der Waals surface area contributed by atoms with Gasteiger partial charge in [0.25, 0.3) is 5.91 Å². The van der Waals surface area contributed by atoms with Crippen LogP contribution in [0.3, 0.4) is 0 Å². The molecule has 2 heterocycles. The Hall–Kier alpha value is -2.75. The van der Waals surface area contributed by atoms with Gasteiger partial charge in [0.05, 0.1) is 16.8 Å². The number of pyridine rings is 2. The molecule has 4 heteroatoms. The van der Waals surface area contributed by atoms with Crippen LogP contribution in [0.25, 0.3) is 10.9 Å². The summed E-state index contributed by atoms with van der Waals surface area (Å²) in [5, 5.41) is 3.84. The number of aryl methyl sites for hydroxylation is 1. The Morgan fingerprint density at radius 1 is 1.10 bits per heavy atom. The van der Waals surface area contributed by atoms with Gasteiger partial charge in [-0.1, -0.05) is 6.07 Å². The van der Waals surface area contributed by atoms with E-state index in [4.69, 9.17) is 0 Å². The molecular formula is C16H13N3O. The van der Waals surface area contributed by atoms with Gasteiger partial charge in [-0.3, -0.25) is 14.8 Å². The van der Waals surface area contributed by atoms with Crippen molar-refractivity contribution >= 4 is 22.5 Å². The van der Waals surface area contributed by atoms with E-state index in [0.29, 0.717) is 5.56 Å². The average molecular weight is 263 g/mol. The maximum absolute atomic E-state index is 12.2. The molecule has 20 heavy (non-hydrogen) atoms. The van der Waals surface area contributed by atoms with Crippen LogP contribution >= 0.6 is 0 Å². The topological polar surface area (TPSA) is 54.9 Å². The molecule has 3 rings (SSSR count). The first-order valence-electron chi connectivity index (χ1n) is 6.31. The number of nitrogens with one attached hydrogen (secondary N) is 1. The van der Waals surface area contributed by atoms with Gasteiger partial charge in [0.2, 0.25) is 0 Å². The second-order valence-corrected chi connectivity index (χ2v) is 4.53. The number of hydrogen-bond acceptors (Lipinski definition) is 3. The van der Waals surface area contributed by atoms with Crippen molar-refractivity contribution in [2.24, 2.45) is 0 Å². The molecule has 0 spiro atoms. The highest BCUT2D eigenvalue weighted by Gasteiger charge is 2.09. The van der Waals surface area contributed by atoms with Crippen LogP contribution in [0.15, 0.2) is 55.0 Å². The summed E-state index contributed by atoms with van der Waals surface area (Å²) in [6.07, 6.45) is 4.94. The van der Waals surface area contributed by atoms with Crippen molar-refractivity contribution in [2.75, 3.05) is 5.32 Å². The predicted molar refractivity (Wildman–Crippen MR) is 78.7 cm³/mol. The molecule has 0 aliphatic heterocycles. The van der Waals surface area contributed by atoms with Gasteiger partial charge in [-0.25, -0.2) is 0 Å². The van der Waals surface area contributed by atoms with Crippen molar-refractivity contribution < 1.29 is 4.79 Å². The summed E-state index contributed by atoms with van der Waals surface area (Å²) >= 11 is 0. The standard InChI is InChI=1S/C16H13N3O/c1-11-6-7-14(13-5-3-9-18-15(11)13)19-16(20)12-4-2-8-17-10-12/h2-10H,1H3,(H,19,20). The number of benzene rings is 1. The molecule has 0 bridgehead atoms. The molecule has 0 atom stereocenters. The maximum atomic E-state index is 12.2. The molecule has 4 nitrogen and oxygen atoms in total. The minimum Gasteiger partial charge on any atom is -0.321 e. The van der Waals surface area contributed by atoms with E-state index in [1.807, 2.05) is 31.2 Å². The third-order valence-electron chi connectivity index (χ3n) is 3.14. The highest BCUT2D eigenvalue weighted by atomic mass is 16.1. The summed E-state index contributed by atoms with van der Waals surface area (Å²) in [6, 6.07) is 11.1. The van der Waals surface area contributed by atoms with E-state index in [1.54, 1.807) is 30.7 Å². The first-order valence-corrected chi connectivity index (χ1v) is 6.31. The van der Waals surface area contributed by atoms with Crippen molar-refractivity contribution in [3.63, 3.8) is 0 Å². The quantitative estimate of drug-likeness (QED) is 0.772. The molecule has 0 unspecified atom stereocenters. The number of carbonyl (C=O) groups excluding carboxylic acids is 1. The van der Waals surface area contributed by atoms with Crippen LogP contribution in [-0.4, -0.2) is 15.9 Å². The van der Waals surface area contributed by atoms with E-state index in [0.717, 1.165) is 22.2 Å². The number of rotatable bonds is 2. The van der Waals surface area contributed by atoms with Gasteiger partial charge in [-0.2, -0.15) is 0 Å². The Bertz CT molecular complexity index is 769. The Kier molecular flexibility index (Phi) is 3.13.